The molecule has 0 fully saturated rings. The molecule has 0 saturated heterocycles. The Hall–Kier alpha value is -7.93. The fourth-order valence-corrected chi connectivity index (χ4v) is 17.5. The van der Waals surface area contributed by atoms with Crippen LogP contribution in [0.4, 0.5) is 13.2 Å². The molecule has 0 aliphatic carbocycles. The van der Waals surface area contributed by atoms with Gasteiger partial charge in [-0.05, 0) is 178 Å². The van der Waals surface area contributed by atoms with E-state index >= 15 is 0 Å². The predicted octanol–water partition coefficient (Wildman–Crippen LogP) is 36.4. The van der Waals surface area contributed by atoms with Crippen LogP contribution in [0.5, 0.6) is 0 Å². The largest absolute Gasteiger partial charge is 0.469 e. The van der Waals surface area contributed by atoms with Crippen molar-refractivity contribution in [3.63, 3.8) is 0 Å². The molecule has 0 saturated carbocycles. The molecule has 0 bridgehead atoms. The first-order chi connectivity index (χ1) is 57.4. The molecule has 0 aromatic heterocycles. The Morgan fingerprint density at radius 3 is 0.975 bits per heavy atom. The monoisotopic (exact) mass is 1720 g/mol. The second-order valence-electron chi connectivity index (χ2n) is 37.3. The summed E-state index contributed by atoms with van der Waals surface area (Å²) < 4.78 is 41.5. The SMILES string of the molecule is CC(C)C(c1ccccc1)C(C)(C)C.CC(C)C(c1ccccc1)C(C)C.CC(C)C(c1ccccc1)C(Cl)(Cl)Cl.CC(C)C(c1ccccc1)C(F)(F)F.CC(C)[C@H](C)c1ccc2ccccc2c1.CC(C)[C@H](C)c1cccc2ccccc12.CC(C)[C@H](C)c1ccccc1.CC[C@H](c1ccccc1)C(C)C.COC(=O)[C@H](c1ccccc1)C(C)C. The Morgan fingerprint density at radius 1 is 0.303 bits per heavy atom. The van der Waals surface area contributed by atoms with E-state index in [1.807, 2.05) is 74.5 Å². The van der Waals surface area contributed by atoms with Crippen molar-refractivity contribution in [3.8, 4) is 0 Å². The Morgan fingerprint density at radius 2 is 0.631 bits per heavy atom. The second kappa shape index (κ2) is 55.4. The number of carbonyl (C=O) groups is 1. The molecule has 0 radical (unpaired) electrons. The maximum Gasteiger partial charge on any atom is 0.395 e. The summed E-state index contributed by atoms with van der Waals surface area (Å²) in [6.45, 7) is 59.5. The van der Waals surface area contributed by atoms with Gasteiger partial charge in [0.1, 0.15) is 0 Å². The molecule has 0 N–H and O–H groups in total. The van der Waals surface area contributed by atoms with Crippen LogP contribution in [-0.4, -0.2) is 23.0 Å². The quantitative estimate of drug-likeness (QED) is 0.0529. The lowest BCUT2D eigenvalue weighted by Gasteiger charge is -2.34. The zero-order valence-corrected chi connectivity index (χ0v) is 81.8. The number of esters is 1. The molecule has 0 heterocycles. The van der Waals surface area contributed by atoms with Crippen LogP contribution in [0.3, 0.4) is 0 Å². The van der Waals surface area contributed by atoms with Crippen LogP contribution in [0, 0.1) is 64.6 Å². The number of benzene rings is 11. The molecule has 0 aliphatic heterocycles. The fraction of sp³-hybridized carbons (Fsp3) is 0.447. The number of ether oxygens (including phenoxy) is 1. The third-order valence-electron chi connectivity index (χ3n) is 23.4. The fourth-order valence-electron chi connectivity index (χ4n) is 16.4. The molecule has 122 heavy (non-hydrogen) atoms. The van der Waals surface area contributed by atoms with E-state index in [1.54, 1.807) is 32.0 Å². The zero-order chi connectivity index (χ0) is 91.6. The Balaban J connectivity index is 0.000000355. The highest BCUT2D eigenvalue weighted by molar-refractivity contribution is 6.68. The standard InChI is InChI=1S/2C15H18.C14H22.C13H20.C12H16O2.C12H18.C11H13Cl3.C11H13F3.C11H16/c1-11(2)12(3)14-10-6-8-13-7-4-5-9-15(13)14;1-11(2)12(3)14-9-8-13-6-4-5-7-15(13)10-14;1-11(2)13(14(3,4)5)12-9-7-6-8-10-12;1-10(2)13(11(3)4)12-8-6-5-7-9-12;1-9(2)11(12(13)14-3)10-7-5-4-6-8-10;1-4-12(10(2)3)11-8-6-5-7-9-11;2*1-8(2)10(11(12,13)14)9-6-4-3-5-7-9;1-9(2)10(3)11-7-5-4-6-8-11/h2*4-12H,1-3H3;6-11,13H,1-5H3;5-11,13H,1-4H3;4-9,11H,1-3H3;5-10,12H,4H2,1-3H3;2*3-8,10H,1-2H3;4-10H,1-3H3/t2*12-;;;11-;12-;;;10-/m00..00..0/s1. The van der Waals surface area contributed by atoms with Crippen LogP contribution in [-0.2, 0) is 9.53 Å². The van der Waals surface area contributed by atoms with Crippen molar-refractivity contribution in [1.82, 2.24) is 0 Å². The summed E-state index contributed by atoms with van der Waals surface area (Å²) >= 11 is 17.9. The van der Waals surface area contributed by atoms with Crippen molar-refractivity contribution in [3.05, 3.63) is 347 Å². The molecule has 664 valence electrons. The molecule has 0 aliphatic rings. The first kappa shape index (κ1) is 108. The average molecular weight is 1720 g/mol. The molecule has 8 atom stereocenters. The van der Waals surface area contributed by atoms with Crippen molar-refractivity contribution in [2.45, 2.75) is 257 Å². The predicted molar refractivity (Wildman–Crippen MR) is 531 cm³/mol. The van der Waals surface area contributed by atoms with Crippen LogP contribution in [0.2, 0.25) is 0 Å². The highest BCUT2D eigenvalue weighted by Gasteiger charge is 2.42. The number of fused-ring (bicyclic) bond motifs is 2. The van der Waals surface area contributed by atoms with E-state index in [4.69, 9.17) is 39.5 Å². The van der Waals surface area contributed by atoms with Crippen LogP contribution < -0.4 is 0 Å². The van der Waals surface area contributed by atoms with Crippen LogP contribution in [0.25, 0.3) is 21.5 Å². The summed E-state index contributed by atoms with van der Waals surface area (Å²) in [5.41, 5.74) is 11.6. The minimum atomic E-state index is -4.16. The number of rotatable bonds is 21. The molecule has 0 spiro atoms. The molecule has 11 rings (SSSR count). The van der Waals surface area contributed by atoms with Crippen LogP contribution in [0.15, 0.2) is 297 Å². The Labute approximate surface area is 755 Å². The molecule has 3 unspecified atom stereocenters. The van der Waals surface area contributed by atoms with Gasteiger partial charge in [0.15, 0.2) is 3.79 Å². The van der Waals surface area contributed by atoms with Gasteiger partial charge >= 0.3 is 12.1 Å². The van der Waals surface area contributed by atoms with Gasteiger partial charge in [-0.15, -0.1) is 0 Å². The van der Waals surface area contributed by atoms with Gasteiger partial charge in [-0.2, -0.15) is 13.2 Å². The second-order valence-corrected chi connectivity index (χ2v) is 39.6. The van der Waals surface area contributed by atoms with E-state index in [1.165, 1.54) is 80.6 Å². The number of halogens is 6. The van der Waals surface area contributed by atoms with Crippen molar-refractivity contribution >= 4 is 62.3 Å². The summed E-state index contributed by atoms with van der Waals surface area (Å²) in [6, 6.07) is 101. The van der Waals surface area contributed by atoms with Crippen LogP contribution in [0.1, 0.15) is 297 Å². The molecule has 11 aromatic rings. The third kappa shape index (κ3) is 37.9. The average Bonchev–Trinajstić information content (AvgIpc) is 0.834. The van der Waals surface area contributed by atoms with Gasteiger partial charge in [0.05, 0.1) is 18.9 Å². The van der Waals surface area contributed by atoms with E-state index < -0.39 is 21.8 Å². The molecule has 8 heteroatoms. The highest BCUT2D eigenvalue weighted by atomic mass is 35.6. The van der Waals surface area contributed by atoms with Crippen molar-refractivity contribution in [2.75, 3.05) is 7.11 Å². The van der Waals surface area contributed by atoms with E-state index in [0.29, 0.717) is 64.2 Å². The molecular formula is C114H154Cl3F3O2. The zero-order valence-electron chi connectivity index (χ0n) is 79.6. The van der Waals surface area contributed by atoms with E-state index in [-0.39, 0.29) is 23.7 Å². The maximum absolute atomic E-state index is 12.7. The van der Waals surface area contributed by atoms with Crippen molar-refractivity contribution < 1.29 is 22.7 Å². The smallest absolute Gasteiger partial charge is 0.395 e. The van der Waals surface area contributed by atoms with E-state index in [0.717, 1.165) is 40.7 Å². The van der Waals surface area contributed by atoms with Gasteiger partial charge in [0, 0.05) is 5.92 Å². The van der Waals surface area contributed by atoms with Crippen molar-refractivity contribution in [2.24, 2.45) is 64.6 Å². The number of methoxy groups -OCH3 is 1. The summed E-state index contributed by atoms with van der Waals surface area (Å²) in [6.07, 6.45) is -2.92. The number of hydrogen-bond donors (Lipinski definition) is 0. The molecule has 11 aromatic carbocycles. The van der Waals surface area contributed by atoms with Gasteiger partial charge in [-0.25, -0.2) is 0 Å². The van der Waals surface area contributed by atoms with Gasteiger partial charge in [-0.1, -0.05) is 519 Å². The minimum Gasteiger partial charge on any atom is -0.469 e. The topological polar surface area (TPSA) is 26.3 Å². The highest BCUT2D eigenvalue weighted by Crippen LogP contribution is 2.46. The summed E-state index contributed by atoms with van der Waals surface area (Å²) in [5.74, 6) is 7.40. The number of carbonyl (C=O) groups excluding carboxylic acids is 1. The molecule has 2 nitrogen and oxygen atoms in total. The van der Waals surface area contributed by atoms with E-state index in [2.05, 4.69) is 366 Å². The molecular weight excluding hydrogens is 1560 g/mol. The van der Waals surface area contributed by atoms with Gasteiger partial charge in [0.2, 0.25) is 0 Å². The van der Waals surface area contributed by atoms with E-state index in [9.17, 15) is 18.0 Å². The Kier molecular flexibility index (Phi) is 49.2. The first-order valence-electron chi connectivity index (χ1n) is 44.9. The van der Waals surface area contributed by atoms with Gasteiger partial charge in [0.25, 0.3) is 0 Å². The lowest BCUT2D eigenvalue weighted by Crippen LogP contribution is -2.25. The summed E-state index contributed by atoms with van der Waals surface area (Å²) in [5, 5.41) is 5.43. The summed E-state index contributed by atoms with van der Waals surface area (Å²) in [7, 11) is 1.43. The van der Waals surface area contributed by atoms with Gasteiger partial charge in [-0.3, -0.25) is 4.79 Å². The summed E-state index contributed by atoms with van der Waals surface area (Å²) in [4.78, 5) is 11.5. The van der Waals surface area contributed by atoms with Crippen molar-refractivity contribution in [1.29, 1.82) is 0 Å². The number of alkyl halides is 6. The lowest BCUT2D eigenvalue weighted by atomic mass is 9.71. The maximum atomic E-state index is 12.7. The Bertz CT molecular complexity index is 4340. The minimum absolute atomic E-state index is 0.0614. The third-order valence-corrected chi connectivity index (χ3v) is 24.1. The molecule has 0 amide bonds. The number of hydrogen-bond acceptors (Lipinski definition) is 2. The van der Waals surface area contributed by atoms with Gasteiger partial charge < -0.3 is 4.74 Å². The lowest BCUT2D eigenvalue weighted by molar-refractivity contribution is -0.159. The normalized spacial score (nSPS) is 13.5. The van der Waals surface area contributed by atoms with Crippen LogP contribution >= 0.6 is 34.8 Å². The first-order valence-corrected chi connectivity index (χ1v) is 46.1.